The molecule has 11 nitrogen and oxygen atoms in total. The maximum atomic E-state index is 12.4. The number of benzene rings is 1. The first kappa shape index (κ1) is 19.2. The van der Waals surface area contributed by atoms with Crippen LogP contribution in [0.5, 0.6) is 11.5 Å². The molecule has 2 aromatic heterocycles. The number of aromatic hydroxyl groups is 2. The third-order valence-electron chi connectivity index (χ3n) is 4.32. The number of fused-ring (bicyclic) bond motifs is 1. The first-order chi connectivity index (χ1) is 13.3. The van der Waals surface area contributed by atoms with Crippen LogP contribution in [0.4, 0.5) is 5.95 Å². The third kappa shape index (κ3) is 3.88. The lowest BCUT2D eigenvalue weighted by Crippen LogP contribution is -2.31. The standard InChI is InChI=1S/C17H20N6O5/c1-22(7-12(26)9-2-3-10(24)11(25)6-9)13(27)4-5-23-8-19-14-15(23)20-17(18)21-16(14)28/h2-3,6,8,12,24-26H,4-5,7H2,1H3,(H3,18,20,21,28). The van der Waals surface area contributed by atoms with Gasteiger partial charge in [-0.15, -0.1) is 0 Å². The molecule has 11 heteroatoms. The predicted molar refractivity (Wildman–Crippen MR) is 99.5 cm³/mol. The minimum Gasteiger partial charge on any atom is -0.504 e. The van der Waals surface area contributed by atoms with Gasteiger partial charge in [-0.05, 0) is 17.7 Å². The summed E-state index contributed by atoms with van der Waals surface area (Å²) in [6.07, 6.45) is 0.465. The molecule has 0 bridgehead atoms. The van der Waals surface area contributed by atoms with Crippen LogP contribution < -0.4 is 11.3 Å². The fraction of sp³-hybridized carbons (Fsp3) is 0.294. The average molecular weight is 388 g/mol. The molecule has 0 radical (unpaired) electrons. The van der Waals surface area contributed by atoms with Gasteiger partial charge in [0.05, 0.1) is 19.0 Å². The molecule has 6 N–H and O–H groups in total. The minimum absolute atomic E-state index is 0.00140. The van der Waals surface area contributed by atoms with Gasteiger partial charge in [0.25, 0.3) is 5.56 Å². The number of hydrogen-bond donors (Lipinski definition) is 5. The number of H-pyrrole nitrogens is 1. The lowest BCUT2D eigenvalue weighted by atomic mass is 10.1. The van der Waals surface area contributed by atoms with Gasteiger partial charge in [-0.3, -0.25) is 14.6 Å². The number of hydrogen-bond acceptors (Lipinski definition) is 8. The molecular formula is C17H20N6O5. The highest BCUT2D eigenvalue weighted by Gasteiger charge is 2.17. The highest BCUT2D eigenvalue weighted by molar-refractivity contribution is 5.76. The number of carbonyl (C=O) groups is 1. The Morgan fingerprint density at radius 3 is 2.82 bits per heavy atom. The Kier molecular flexibility index (Phi) is 5.18. The van der Waals surface area contributed by atoms with Crippen LogP contribution in [-0.4, -0.2) is 59.2 Å². The normalized spacial score (nSPS) is 12.2. The number of nitrogens with one attached hydrogen (secondary N) is 1. The van der Waals surface area contributed by atoms with Crippen LogP contribution in [0.1, 0.15) is 18.1 Å². The second-order valence-electron chi connectivity index (χ2n) is 6.35. The Labute approximate surface area is 158 Å². The smallest absolute Gasteiger partial charge is 0.280 e. The van der Waals surface area contributed by atoms with E-state index in [-0.39, 0.29) is 54.0 Å². The average Bonchev–Trinajstić information content (AvgIpc) is 3.04. The molecule has 148 valence electrons. The Morgan fingerprint density at radius 1 is 1.36 bits per heavy atom. The molecule has 0 aliphatic heterocycles. The summed E-state index contributed by atoms with van der Waals surface area (Å²) >= 11 is 0. The summed E-state index contributed by atoms with van der Waals surface area (Å²) in [5, 5.41) is 29.1. The summed E-state index contributed by atoms with van der Waals surface area (Å²) in [5.41, 5.74) is 5.88. The summed E-state index contributed by atoms with van der Waals surface area (Å²) in [7, 11) is 1.54. The maximum absolute atomic E-state index is 12.4. The number of anilines is 1. The number of aliphatic hydroxyl groups excluding tert-OH is 1. The van der Waals surface area contributed by atoms with Crippen LogP contribution in [0.2, 0.25) is 0 Å². The van der Waals surface area contributed by atoms with Gasteiger partial charge in [-0.25, -0.2) is 4.98 Å². The van der Waals surface area contributed by atoms with Gasteiger partial charge in [-0.1, -0.05) is 6.07 Å². The van der Waals surface area contributed by atoms with Crippen molar-refractivity contribution in [2.75, 3.05) is 19.3 Å². The number of imidazole rings is 1. The molecule has 1 atom stereocenters. The Balaban J connectivity index is 1.63. The van der Waals surface area contributed by atoms with Crippen LogP contribution in [0, 0.1) is 0 Å². The largest absolute Gasteiger partial charge is 0.504 e. The molecule has 0 saturated carbocycles. The number of aliphatic hydroxyl groups is 1. The van der Waals surface area contributed by atoms with Crippen LogP contribution in [0.3, 0.4) is 0 Å². The molecule has 28 heavy (non-hydrogen) atoms. The summed E-state index contributed by atoms with van der Waals surface area (Å²) < 4.78 is 1.56. The van der Waals surface area contributed by atoms with Gasteiger partial charge in [0.15, 0.2) is 22.7 Å². The highest BCUT2D eigenvalue weighted by Crippen LogP contribution is 2.28. The number of carbonyl (C=O) groups excluding carboxylic acids is 1. The van der Waals surface area contributed by atoms with Crippen molar-refractivity contribution in [3.05, 3.63) is 40.4 Å². The lowest BCUT2D eigenvalue weighted by molar-refractivity contribution is -0.131. The van der Waals surface area contributed by atoms with E-state index < -0.39 is 11.7 Å². The maximum Gasteiger partial charge on any atom is 0.280 e. The van der Waals surface area contributed by atoms with E-state index in [0.717, 1.165) is 0 Å². The number of phenolic OH excluding ortho intramolecular Hbond substituents is 2. The zero-order valence-electron chi connectivity index (χ0n) is 15.0. The third-order valence-corrected chi connectivity index (χ3v) is 4.32. The van der Waals surface area contributed by atoms with Gasteiger partial charge in [-0.2, -0.15) is 4.98 Å². The van der Waals surface area contributed by atoms with Gasteiger partial charge >= 0.3 is 0 Å². The second-order valence-corrected chi connectivity index (χ2v) is 6.35. The first-order valence-electron chi connectivity index (χ1n) is 8.40. The predicted octanol–water partition coefficient (Wildman–Crippen LogP) is -0.305. The molecule has 3 aromatic rings. The van der Waals surface area contributed by atoms with E-state index in [4.69, 9.17) is 5.73 Å². The number of rotatable bonds is 6. The van der Waals surface area contributed by atoms with Crippen molar-refractivity contribution < 1.29 is 20.1 Å². The molecule has 1 aromatic carbocycles. The van der Waals surface area contributed by atoms with Crippen molar-refractivity contribution in [3.8, 4) is 11.5 Å². The monoisotopic (exact) mass is 388 g/mol. The van der Waals surface area contributed by atoms with E-state index in [9.17, 15) is 24.9 Å². The first-order valence-corrected chi connectivity index (χ1v) is 8.40. The number of aryl methyl sites for hydroxylation is 1. The Bertz CT molecular complexity index is 1080. The second kappa shape index (κ2) is 7.56. The quantitative estimate of drug-likeness (QED) is 0.358. The number of nitrogens with zero attached hydrogens (tertiary/aromatic N) is 4. The van der Waals surface area contributed by atoms with Gasteiger partial charge in [0, 0.05) is 20.0 Å². The van der Waals surface area contributed by atoms with Crippen LogP contribution in [0.15, 0.2) is 29.3 Å². The summed E-state index contributed by atoms with van der Waals surface area (Å²) in [4.78, 5) is 35.9. The van der Waals surface area contributed by atoms with E-state index in [1.54, 1.807) is 11.6 Å². The molecule has 2 heterocycles. The van der Waals surface area contributed by atoms with E-state index >= 15 is 0 Å². The van der Waals surface area contributed by atoms with E-state index in [1.165, 1.54) is 29.4 Å². The molecule has 0 aliphatic carbocycles. The zero-order valence-corrected chi connectivity index (χ0v) is 15.0. The number of nitrogens with two attached hydrogens (primary N) is 1. The van der Waals surface area contributed by atoms with Crippen molar-refractivity contribution in [1.82, 2.24) is 24.4 Å². The van der Waals surface area contributed by atoms with E-state index in [0.29, 0.717) is 5.56 Å². The van der Waals surface area contributed by atoms with Crippen molar-refractivity contribution in [2.24, 2.45) is 0 Å². The molecule has 0 aliphatic rings. The number of nitrogen functional groups attached to an aromatic ring is 1. The molecule has 1 unspecified atom stereocenters. The van der Waals surface area contributed by atoms with Crippen LogP contribution in [0.25, 0.3) is 11.2 Å². The topological polar surface area (TPSA) is 171 Å². The van der Waals surface area contributed by atoms with Gasteiger partial charge in [0.2, 0.25) is 11.9 Å². The number of aromatic nitrogens is 4. The molecule has 0 saturated heterocycles. The highest BCUT2D eigenvalue weighted by atomic mass is 16.3. The summed E-state index contributed by atoms with van der Waals surface area (Å²) in [5.74, 6) is -0.926. The van der Waals surface area contributed by atoms with E-state index in [1.807, 2.05) is 0 Å². The van der Waals surface area contributed by atoms with Crippen molar-refractivity contribution in [1.29, 1.82) is 0 Å². The molecule has 0 fully saturated rings. The van der Waals surface area contributed by atoms with Crippen molar-refractivity contribution >= 4 is 23.0 Å². The van der Waals surface area contributed by atoms with Crippen molar-refractivity contribution in [3.63, 3.8) is 0 Å². The number of aromatic amines is 1. The van der Waals surface area contributed by atoms with Gasteiger partial charge in [0.1, 0.15) is 0 Å². The number of amides is 1. The number of phenols is 2. The zero-order chi connectivity index (χ0) is 20.4. The minimum atomic E-state index is -1.03. The van der Waals surface area contributed by atoms with Crippen LogP contribution >= 0.6 is 0 Å². The van der Waals surface area contributed by atoms with Crippen LogP contribution in [-0.2, 0) is 11.3 Å². The van der Waals surface area contributed by atoms with E-state index in [2.05, 4.69) is 15.0 Å². The Hall–Kier alpha value is -3.60. The summed E-state index contributed by atoms with van der Waals surface area (Å²) in [6, 6.07) is 3.97. The molecule has 3 rings (SSSR count). The molecule has 0 spiro atoms. The molecule has 1 amide bonds. The molecular weight excluding hydrogens is 368 g/mol. The fourth-order valence-corrected chi connectivity index (χ4v) is 2.76. The van der Waals surface area contributed by atoms with Gasteiger partial charge < -0.3 is 30.5 Å². The van der Waals surface area contributed by atoms with Crippen molar-refractivity contribution in [2.45, 2.75) is 19.1 Å². The fourth-order valence-electron chi connectivity index (χ4n) is 2.76. The lowest BCUT2D eigenvalue weighted by Gasteiger charge is -2.21. The summed E-state index contributed by atoms with van der Waals surface area (Å²) in [6.45, 7) is 0.226. The SMILES string of the molecule is CN(CC(O)c1ccc(O)c(O)c1)C(=O)CCn1cnc2c(=O)[nH]c(N)nc21. The number of likely N-dealkylation sites (N-methyl/N-ethyl adjacent to an activating group) is 1. The Morgan fingerprint density at radius 2 is 2.11 bits per heavy atom.